The molecule has 0 saturated heterocycles. The lowest BCUT2D eigenvalue weighted by Gasteiger charge is -2.04. The van der Waals surface area contributed by atoms with Crippen molar-refractivity contribution in [3.63, 3.8) is 0 Å². The number of carbonyl (C=O) groups excluding carboxylic acids is 1. The fourth-order valence-corrected chi connectivity index (χ4v) is 0.630. The van der Waals surface area contributed by atoms with Crippen molar-refractivity contribution in [1.29, 1.82) is 0 Å². The summed E-state index contributed by atoms with van der Waals surface area (Å²) in [6, 6.07) is 0. The molecule has 0 aliphatic rings. The van der Waals surface area contributed by atoms with Gasteiger partial charge in [0.2, 0.25) is 5.91 Å². The van der Waals surface area contributed by atoms with E-state index in [0.717, 1.165) is 0 Å². The third-order valence-electron chi connectivity index (χ3n) is 1.11. The molecule has 0 atom stereocenters. The summed E-state index contributed by atoms with van der Waals surface area (Å²) in [6.45, 7) is 2.12. The predicted octanol–water partition coefficient (Wildman–Crippen LogP) is -1.28. The summed E-state index contributed by atoms with van der Waals surface area (Å²) in [4.78, 5) is 10.8. The number of carbonyl (C=O) groups is 1. The van der Waals surface area contributed by atoms with Crippen LogP contribution in [0, 0.1) is 0 Å². The van der Waals surface area contributed by atoms with Crippen molar-refractivity contribution in [1.82, 2.24) is 5.32 Å². The highest BCUT2D eigenvalue weighted by molar-refractivity contribution is 5.77. The van der Waals surface area contributed by atoms with Crippen LogP contribution in [0.2, 0.25) is 0 Å². The van der Waals surface area contributed by atoms with Crippen molar-refractivity contribution in [2.45, 2.75) is 0 Å². The number of amides is 1. The molecule has 0 aromatic rings. The SMILES string of the molecule is COCC(=O)NCCOCCN. The van der Waals surface area contributed by atoms with E-state index in [1.807, 2.05) is 0 Å². The molecule has 0 saturated carbocycles. The molecular formula is C7H16N2O3. The highest BCUT2D eigenvalue weighted by Gasteiger charge is 1.96. The van der Waals surface area contributed by atoms with Gasteiger partial charge in [-0.15, -0.1) is 0 Å². The molecule has 0 radical (unpaired) electrons. The molecular weight excluding hydrogens is 160 g/mol. The Morgan fingerprint density at radius 1 is 1.50 bits per heavy atom. The lowest BCUT2D eigenvalue weighted by Crippen LogP contribution is -2.30. The number of hydrogen-bond acceptors (Lipinski definition) is 4. The number of rotatable bonds is 7. The average Bonchev–Trinajstić information content (AvgIpc) is 2.05. The number of hydrogen-bond donors (Lipinski definition) is 2. The maximum Gasteiger partial charge on any atom is 0.246 e. The first kappa shape index (κ1) is 11.4. The minimum atomic E-state index is -0.131. The van der Waals surface area contributed by atoms with Crippen LogP contribution in [-0.2, 0) is 14.3 Å². The van der Waals surface area contributed by atoms with Crippen LogP contribution < -0.4 is 11.1 Å². The van der Waals surface area contributed by atoms with Gasteiger partial charge < -0.3 is 20.5 Å². The molecule has 1 amide bonds. The van der Waals surface area contributed by atoms with E-state index in [1.54, 1.807) is 0 Å². The molecule has 0 rings (SSSR count). The van der Waals surface area contributed by atoms with Gasteiger partial charge in [0.15, 0.2) is 0 Å². The third-order valence-corrected chi connectivity index (χ3v) is 1.11. The summed E-state index contributed by atoms with van der Waals surface area (Å²) in [6.07, 6.45) is 0. The molecule has 0 heterocycles. The molecule has 0 fully saturated rings. The lowest BCUT2D eigenvalue weighted by atomic mass is 10.6. The summed E-state index contributed by atoms with van der Waals surface area (Å²) in [7, 11) is 1.48. The van der Waals surface area contributed by atoms with Gasteiger partial charge in [-0.2, -0.15) is 0 Å². The van der Waals surface area contributed by atoms with Crippen molar-refractivity contribution in [2.75, 3.05) is 40.0 Å². The van der Waals surface area contributed by atoms with Crippen molar-refractivity contribution in [2.24, 2.45) is 5.73 Å². The second kappa shape index (κ2) is 8.45. The molecule has 3 N–H and O–H groups in total. The fourth-order valence-electron chi connectivity index (χ4n) is 0.630. The number of methoxy groups -OCH3 is 1. The van der Waals surface area contributed by atoms with Gasteiger partial charge in [0.1, 0.15) is 6.61 Å². The van der Waals surface area contributed by atoms with Gasteiger partial charge in [-0.1, -0.05) is 0 Å². The third kappa shape index (κ3) is 7.46. The van der Waals surface area contributed by atoms with E-state index in [1.165, 1.54) is 7.11 Å². The smallest absolute Gasteiger partial charge is 0.246 e. The Morgan fingerprint density at radius 2 is 2.25 bits per heavy atom. The van der Waals surface area contributed by atoms with E-state index < -0.39 is 0 Å². The molecule has 0 bridgehead atoms. The Kier molecular flexibility index (Phi) is 7.99. The Balaban J connectivity index is 3.03. The topological polar surface area (TPSA) is 73.6 Å². The fraction of sp³-hybridized carbons (Fsp3) is 0.857. The van der Waals surface area contributed by atoms with E-state index in [9.17, 15) is 4.79 Å². The zero-order chi connectivity index (χ0) is 9.23. The summed E-state index contributed by atoms with van der Waals surface area (Å²) in [5.74, 6) is -0.131. The number of nitrogens with one attached hydrogen (secondary N) is 1. The van der Waals surface area contributed by atoms with Crippen LogP contribution in [0.4, 0.5) is 0 Å². The maximum atomic E-state index is 10.8. The Hall–Kier alpha value is -0.650. The average molecular weight is 176 g/mol. The standard InChI is InChI=1S/C7H16N2O3/c1-11-6-7(10)9-3-5-12-4-2-8/h2-6,8H2,1H3,(H,9,10). The number of ether oxygens (including phenoxy) is 2. The van der Waals surface area contributed by atoms with Crippen molar-refractivity contribution in [3.8, 4) is 0 Å². The van der Waals surface area contributed by atoms with Gasteiger partial charge >= 0.3 is 0 Å². The van der Waals surface area contributed by atoms with Crippen LogP contribution in [0.15, 0.2) is 0 Å². The maximum absolute atomic E-state index is 10.8. The van der Waals surface area contributed by atoms with Crippen LogP contribution in [0.1, 0.15) is 0 Å². The van der Waals surface area contributed by atoms with E-state index in [-0.39, 0.29) is 12.5 Å². The first-order valence-corrected chi connectivity index (χ1v) is 3.84. The summed E-state index contributed by atoms with van der Waals surface area (Å²) in [5.41, 5.74) is 5.19. The molecule has 0 aromatic heterocycles. The highest BCUT2D eigenvalue weighted by atomic mass is 16.5. The van der Waals surface area contributed by atoms with E-state index in [0.29, 0.717) is 26.3 Å². The molecule has 5 heteroatoms. The first-order chi connectivity index (χ1) is 5.81. The van der Waals surface area contributed by atoms with Gasteiger partial charge in [0.25, 0.3) is 0 Å². The van der Waals surface area contributed by atoms with E-state index in [4.69, 9.17) is 10.5 Å². The molecule has 0 spiro atoms. The highest BCUT2D eigenvalue weighted by Crippen LogP contribution is 1.72. The second-order valence-corrected chi connectivity index (χ2v) is 2.18. The largest absolute Gasteiger partial charge is 0.378 e. The zero-order valence-corrected chi connectivity index (χ0v) is 7.34. The molecule has 5 nitrogen and oxygen atoms in total. The lowest BCUT2D eigenvalue weighted by molar-refractivity contribution is -0.124. The first-order valence-electron chi connectivity index (χ1n) is 3.84. The van der Waals surface area contributed by atoms with E-state index >= 15 is 0 Å². The van der Waals surface area contributed by atoms with Crippen LogP contribution in [0.3, 0.4) is 0 Å². The molecule has 12 heavy (non-hydrogen) atoms. The van der Waals surface area contributed by atoms with Crippen LogP contribution in [0.25, 0.3) is 0 Å². The normalized spacial score (nSPS) is 9.83. The molecule has 0 unspecified atom stereocenters. The van der Waals surface area contributed by atoms with Crippen LogP contribution in [-0.4, -0.2) is 45.9 Å². The van der Waals surface area contributed by atoms with Crippen molar-refractivity contribution < 1.29 is 14.3 Å². The quantitative estimate of drug-likeness (QED) is 0.474. The molecule has 0 aliphatic carbocycles. The van der Waals surface area contributed by atoms with Crippen LogP contribution >= 0.6 is 0 Å². The summed E-state index contributed by atoms with van der Waals surface area (Å²) in [5, 5.41) is 2.61. The van der Waals surface area contributed by atoms with Gasteiger partial charge in [0, 0.05) is 20.2 Å². The Bertz CT molecular complexity index is 119. The summed E-state index contributed by atoms with van der Waals surface area (Å²) >= 11 is 0. The monoisotopic (exact) mass is 176 g/mol. The zero-order valence-electron chi connectivity index (χ0n) is 7.34. The van der Waals surface area contributed by atoms with E-state index in [2.05, 4.69) is 10.1 Å². The van der Waals surface area contributed by atoms with Crippen molar-refractivity contribution >= 4 is 5.91 Å². The molecule has 72 valence electrons. The van der Waals surface area contributed by atoms with Gasteiger partial charge in [-0.25, -0.2) is 0 Å². The molecule has 0 aliphatic heterocycles. The minimum Gasteiger partial charge on any atom is -0.378 e. The van der Waals surface area contributed by atoms with Crippen molar-refractivity contribution in [3.05, 3.63) is 0 Å². The van der Waals surface area contributed by atoms with Crippen LogP contribution in [0.5, 0.6) is 0 Å². The summed E-state index contributed by atoms with van der Waals surface area (Å²) < 4.78 is 9.64. The van der Waals surface area contributed by atoms with Gasteiger partial charge in [-0.3, -0.25) is 4.79 Å². The second-order valence-electron chi connectivity index (χ2n) is 2.18. The van der Waals surface area contributed by atoms with Gasteiger partial charge in [-0.05, 0) is 0 Å². The Labute approximate surface area is 72.2 Å². The minimum absolute atomic E-state index is 0.0941. The van der Waals surface area contributed by atoms with Gasteiger partial charge in [0.05, 0.1) is 13.2 Å². The molecule has 0 aromatic carbocycles. The Morgan fingerprint density at radius 3 is 2.83 bits per heavy atom. The predicted molar refractivity (Wildman–Crippen MR) is 44.8 cm³/mol. The number of nitrogens with two attached hydrogens (primary N) is 1.